The molecule has 4 heteroatoms. The molecule has 2 fully saturated rings. The average molecular weight is 425 g/mol. The third kappa shape index (κ3) is 3.24. The predicted molar refractivity (Wildman–Crippen MR) is 107 cm³/mol. The summed E-state index contributed by atoms with van der Waals surface area (Å²) in [6, 6.07) is 8.82. The Morgan fingerprint density at radius 3 is 2.78 bits per heavy atom. The van der Waals surface area contributed by atoms with E-state index in [0.29, 0.717) is 11.3 Å². The molecule has 1 N–H and O–H groups in total. The second kappa shape index (κ2) is 6.99. The van der Waals surface area contributed by atoms with Crippen LogP contribution in [0.5, 0.6) is 0 Å². The SMILES string of the molecule is CCNC(=NCC1Cc2ccccc21)N1CCC2(CCC2)C1.I. The van der Waals surface area contributed by atoms with Gasteiger partial charge >= 0.3 is 0 Å². The molecule has 0 radical (unpaired) electrons. The van der Waals surface area contributed by atoms with Gasteiger partial charge in [-0.3, -0.25) is 4.99 Å². The van der Waals surface area contributed by atoms with Crippen molar-refractivity contribution >= 4 is 29.9 Å². The maximum absolute atomic E-state index is 4.97. The Labute approximate surface area is 157 Å². The zero-order chi connectivity index (χ0) is 15.0. The highest BCUT2D eigenvalue weighted by Crippen LogP contribution is 2.47. The van der Waals surface area contributed by atoms with E-state index in [0.717, 1.165) is 19.0 Å². The molecule has 3 nitrogen and oxygen atoms in total. The lowest BCUT2D eigenvalue weighted by atomic mass is 9.68. The first kappa shape index (κ1) is 17.1. The van der Waals surface area contributed by atoms with Gasteiger partial charge in [-0.1, -0.05) is 30.7 Å². The van der Waals surface area contributed by atoms with Crippen molar-refractivity contribution in [3.05, 3.63) is 35.4 Å². The largest absolute Gasteiger partial charge is 0.357 e. The quantitative estimate of drug-likeness (QED) is 0.454. The molecule has 2 aliphatic carbocycles. The zero-order valence-electron chi connectivity index (χ0n) is 14.1. The van der Waals surface area contributed by atoms with E-state index in [9.17, 15) is 0 Å². The van der Waals surface area contributed by atoms with Crippen molar-refractivity contribution in [3.8, 4) is 0 Å². The van der Waals surface area contributed by atoms with Gasteiger partial charge in [-0.15, -0.1) is 24.0 Å². The van der Waals surface area contributed by atoms with Crippen LogP contribution in [0.1, 0.15) is 49.7 Å². The Kier molecular flexibility index (Phi) is 5.19. The number of aliphatic imine (C=N–C) groups is 1. The van der Waals surface area contributed by atoms with Crippen LogP contribution >= 0.6 is 24.0 Å². The molecule has 1 saturated carbocycles. The molecule has 0 bridgehead atoms. The van der Waals surface area contributed by atoms with Crippen molar-refractivity contribution in [3.63, 3.8) is 0 Å². The first-order valence-electron chi connectivity index (χ1n) is 8.91. The Hall–Kier alpha value is -0.780. The van der Waals surface area contributed by atoms with Crippen LogP contribution in [0.25, 0.3) is 0 Å². The highest BCUT2D eigenvalue weighted by Gasteiger charge is 2.43. The number of hydrogen-bond donors (Lipinski definition) is 1. The van der Waals surface area contributed by atoms with Crippen LogP contribution in [0.3, 0.4) is 0 Å². The molecule has 1 aliphatic heterocycles. The number of benzene rings is 1. The van der Waals surface area contributed by atoms with Gasteiger partial charge in [0.1, 0.15) is 0 Å². The topological polar surface area (TPSA) is 27.6 Å². The summed E-state index contributed by atoms with van der Waals surface area (Å²) in [5.41, 5.74) is 3.67. The summed E-state index contributed by atoms with van der Waals surface area (Å²) in [6.07, 6.45) is 6.85. The van der Waals surface area contributed by atoms with E-state index in [4.69, 9.17) is 4.99 Å². The summed E-state index contributed by atoms with van der Waals surface area (Å²) in [4.78, 5) is 7.48. The molecule has 1 atom stereocenters. The van der Waals surface area contributed by atoms with Gasteiger partial charge in [0.05, 0.1) is 0 Å². The number of likely N-dealkylation sites (tertiary alicyclic amines) is 1. The van der Waals surface area contributed by atoms with Crippen molar-refractivity contribution in [2.24, 2.45) is 10.4 Å². The molecule has 1 spiro atoms. The van der Waals surface area contributed by atoms with Crippen LogP contribution in [0.15, 0.2) is 29.3 Å². The fraction of sp³-hybridized carbons (Fsp3) is 0.632. The molecule has 0 amide bonds. The van der Waals surface area contributed by atoms with Crippen LogP contribution < -0.4 is 5.32 Å². The fourth-order valence-electron chi connectivity index (χ4n) is 4.35. The van der Waals surface area contributed by atoms with Gasteiger partial charge in [-0.25, -0.2) is 0 Å². The minimum Gasteiger partial charge on any atom is -0.357 e. The van der Waals surface area contributed by atoms with Gasteiger partial charge in [0.25, 0.3) is 0 Å². The lowest BCUT2D eigenvalue weighted by Gasteiger charge is -2.38. The average Bonchev–Trinajstić information content (AvgIpc) is 2.93. The van der Waals surface area contributed by atoms with E-state index in [-0.39, 0.29) is 24.0 Å². The van der Waals surface area contributed by atoms with Crippen LogP contribution in [0.4, 0.5) is 0 Å². The van der Waals surface area contributed by atoms with Crippen LogP contribution in [-0.2, 0) is 6.42 Å². The summed E-state index contributed by atoms with van der Waals surface area (Å²) in [5.74, 6) is 1.78. The second-order valence-corrected chi connectivity index (χ2v) is 7.32. The maximum atomic E-state index is 4.97. The molecule has 4 rings (SSSR count). The fourth-order valence-corrected chi connectivity index (χ4v) is 4.35. The Morgan fingerprint density at radius 2 is 2.13 bits per heavy atom. The molecule has 0 aromatic heterocycles. The first-order valence-corrected chi connectivity index (χ1v) is 8.91. The smallest absolute Gasteiger partial charge is 0.193 e. The molecule has 1 unspecified atom stereocenters. The van der Waals surface area contributed by atoms with Gasteiger partial charge in [-0.2, -0.15) is 0 Å². The van der Waals surface area contributed by atoms with E-state index in [2.05, 4.69) is 41.4 Å². The number of rotatable bonds is 3. The number of hydrogen-bond acceptors (Lipinski definition) is 1. The highest BCUT2D eigenvalue weighted by molar-refractivity contribution is 14.0. The van der Waals surface area contributed by atoms with Crippen molar-refractivity contribution in [2.75, 3.05) is 26.2 Å². The van der Waals surface area contributed by atoms with Gasteiger partial charge in [-0.05, 0) is 49.1 Å². The molecule has 1 saturated heterocycles. The molecule has 23 heavy (non-hydrogen) atoms. The third-order valence-electron chi connectivity index (χ3n) is 5.91. The third-order valence-corrected chi connectivity index (χ3v) is 5.91. The van der Waals surface area contributed by atoms with Crippen LogP contribution in [-0.4, -0.2) is 37.0 Å². The first-order chi connectivity index (χ1) is 10.8. The van der Waals surface area contributed by atoms with E-state index in [1.807, 2.05) is 0 Å². The zero-order valence-corrected chi connectivity index (χ0v) is 16.4. The predicted octanol–water partition coefficient (Wildman–Crippen LogP) is 3.79. The summed E-state index contributed by atoms with van der Waals surface area (Å²) in [5, 5.41) is 3.51. The van der Waals surface area contributed by atoms with Crippen LogP contribution in [0, 0.1) is 5.41 Å². The molecule has 126 valence electrons. The van der Waals surface area contributed by atoms with Crippen molar-refractivity contribution in [1.29, 1.82) is 0 Å². The summed E-state index contributed by atoms with van der Waals surface area (Å²) < 4.78 is 0. The highest BCUT2D eigenvalue weighted by atomic mass is 127. The van der Waals surface area contributed by atoms with Crippen LogP contribution in [0.2, 0.25) is 0 Å². The van der Waals surface area contributed by atoms with E-state index >= 15 is 0 Å². The minimum absolute atomic E-state index is 0. The van der Waals surface area contributed by atoms with E-state index in [1.165, 1.54) is 56.3 Å². The molecule has 1 heterocycles. The lowest BCUT2D eigenvalue weighted by molar-refractivity contribution is 0.151. The van der Waals surface area contributed by atoms with E-state index < -0.39 is 0 Å². The van der Waals surface area contributed by atoms with Gasteiger partial charge < -0.3 is 10.2 Å². The Balaban J connectivity index is 0.00000156. The number of nitrogens with one attached hydrogen (secondary N) is 1. The van der Waals surface area contributed by atoms with Crippen molar-refractivity contribution < 1.29 is 0 Å². The minimum atomic E-state index is 0. The standard InChI is InChI=1S/C19H27N3.HI/c1-2-20-18(22-11-10-19(14-22)8-5-9-19)21-13-16-12-15-6-3-4-7-17(15)16;/h3-4,6-7,16H,2,5,8-14H2,1H3,(H,20,21);1H. The number of fused-ring (bicyclic) bond motifs is 1. The second-order valence-electron chi connectivity index (χ2n) is 7.32. The number of guanidine groups is 1. The number of halogens is 1. The monoisotopic (exact) mass is 425 g/mol. The molecule has 1 aromatic rings. The van der Waals surface area contributed by atoms with Gasteiger partial charge in [0.2, 0.25) is 0 Å². The summed E-state index contributed by atoms with van der Waals surface area (Å²) in [6.45, 7) is 6.48. The lowest BCUT2D eigenvalue weighted by Crippen LogP contribution is -2.43. The molecule has 1 aromatic carbocycles. The molecular formula is C19H28IN3. The Bertz CT molecular complexity index is 580. The van der Waals surface area contributed by atoms with E-state index in [1.54, 1.807) is 0 Å². The van der Waals surface area contributed by atoms with Crippen molar-refractivity contribution in [2.45, 2.75) is 44.9 Å². The Morgan fingerprint density at radius 1 is 1.30 bits per heavy atom. The normalized spacial score (nSPS) is 24.5. The summed E-state index contributed by atoms with van der Waals surface area (Å²) >= 11 is 0. The van der Waals surface area contributed by atoms with Gasteiger partial charge in [0, 0.05) is 32.1 Å². The molecule has 3 aliphatic rings. The summed E-state index contributed by atoms with van der Waals surface area (Å²) in [7, 11) is 0. The molecular weight excluding hydrogens is 397 g/mol. The maximum Gasteiger partial charge on any atom is 0.193 e. The van der Waals surface area contributed by atoms with Gasteiger partial charge in [0.15, 0.2) is 5.96 Å². The van der Waals surface area contributed by atoms with Crippen molar-refractivity contribution in [1.82, 2.24) is 10.2 Å². The number of nitrogens with zero attached hydrogens (tertiary/aromatic N) is 2.